The van der Waals surface area contributed by atoms with E-state index in [1.807, 2.05) is 20.8 Å². The third-order valence-corrected chi connectivity index (χ3v) is 4.15. The lowest BCUT2D eigenvalue weighted by Gasteiger charge is -2.18. The summed E-state index contributed by atoms with van der Waals surface area (Å²) in [6, 6.07) is 6.11. The van der Waals surface area contributed by atoms with E-state index in [2.05, 4.69) is 4.72 Å². The van der Waals surface area contributed by atoms with E-state index in [9.17, 15) is 13.2 Å². The van der Waals surface area contributed by atoms with Gasteiger partial charge in [0.1, 0.15) is 0 Å². The van der Waals surface area contributed by atoms with E-state index in [0.29, 0.717) is 0 Å². The Bertz CT molecular complexity index is 541. The van der Waals surface area contributed by atoms with Crippen LogP contribution in [0.2, 0.25) is 0 Å². The number of sulfonamides is 1. The molecular weight excluding hydrogens is 266 g/mol. The van der Waals surface area contributed by atoms with Crippen LogP contribution in [-0.2, 0) is 16.6 Å². The van der Waals surface area contributed by atoms with Gasteiger partial charge in [-0.05, 0) is 23.1 Å². The van der Waals surface area contributed by atoms with Crippen LogP contribution in [0.15, 0.2) is 24.3 Å². The number of nitrogens with one attached hydrogen (secondary N) is 1. The van der Waals surface area contributed by atoms with Gasteiger partial charge >= 0.3 is 5.97 Å². The van der Waals surface area contributed by atoms with Crippen LogP contribution in [0.1, 0.15) is 36.7 Å². The highest BCUT2D eigenvalue weighted by Gasteiger charge is 2.21. The van der Waals surface area contributed by atoms with Crippen LogP contribution in [-0.4, -0.2) is 25.2 Å². The molecule has 0 atom stereocenters. The van der Waals surface area contributed by atoms with Crippen LogP contribution in [0.4, 0.5) is 0 Å². The largest absolute Gasteiger partial charge is 0.478 e. The maximum absolute atomic E-state index is 11.8. The van der Waals surface area contributed by atoms with E-state index >= 15 is 0 Å². The van der Waals surface area contributed by atoms with Crippen molar-refractivity contribution in [2.24, 2.45) is 5.41 Å². The van der Waals surface area contributed by atoms with Gasteiger partial charge in [0, 0.05) is 6.54 Å². The van der Waals surface area contributed by atoms with E-state index in [-0.39, 0.29) is 23.3 Å². The number of hydrogen-bond acceptors (Lipinski definition) is 3. The Balaban J connectivity index is 2.64. The smallest absolute Gasteiger partial charge is 0.335 e. The second-order valence-corrected chi connectivity index (χ2v) is 7.45. The third kappa shape index (κ3) is 5.85. The van der Waals surface area contributed by atoms with Crippen molar-refractivity contribution < 1.29 is 18.3 Å². The van der Waals surface area contributed by atoms with Gasteiger partial charge in [-0.15, -0.1) is 0 Å². The molecule has 0 aromatic heterocycles. The Kier molecular flexibility index (Phi) is 4.70. The molecule has 0 heterocycles. The zero-order valence-corrected chi connectivity index (χ0v) is 12.1. The summed E-state index contributed by atoms with van der Waals surface area (Å²) in [5.41, 5.74) is 0.600. The average molecular weight is 285 g/mol. The van der Waals surface area contributed by atoms with Gasteiger partial charge < -0.3 is 5.11 Å². The molecule has 0 spiro atoms. The van der Waals surface area contributed by atoms with Crippen molar-refractivity contribution in [1.29, 1.82) is 0 Å². The second kappa shape index (κ2) is 5.71. The average Bonchev–Trinajstić information content (AvgIpc) is 2.24. The molecule has 1 aromatic rings. The Morgan fingerprint density at radius 2 is 1.74 bits per heavy atom. The summed E-state index contributed by atoms with van der Waals surface area (Å²) in [4.78, 5) is 10.7. The Morgan fingerprint density at radius 1 is 1.21 bits per heavy atom. The molecule has 0 aliphatic rings. The third-order valence-electron chi connectivity index (χ3n) is 2.32. The minimum Gasteiger partial charge on any atom is -0.478 e. The monoisotopic (exact) mass is 285 g/mol. The number of benzene rings is 1. The van der Waals surface area contributed by atoms with Gasteiger partial charge in [-0.3, -0.25) is 0 Å². The summed E-state index contributed by atoms with van der Waals surface area (Å²) in [5, 5.41) is 8.75. The van der Waals surface area contributed by atoms with Gasteiger partial charge in [-0.25, -0.2) is 17.9 Å². The molecule has 0 aliphatic heterocycles. The number of aromatic carboxylic acids is 1. The Labute approximate surface area is 113 Å². The predicted molar refractivity (Wildman–Crippen MR) is 73.5 cm³/mol. The predicted octanol–water partition coefficient (Wildman–Crippen LogP) is 1.85. The number of rotatable bonds is 5. The van der Waals surface area contributed by atoms with Crippen molar-refractivity contribution in [3.63, 3.8) is 0 Å². The van der Waals surface area contributed by atoms with Crippen molar-refractivity contribution in [3.8, 4) is 0 Å². The Morgan fingerprint density at radius 3 is 2.16 bits per heavy atom. The standard InChI is InChI=1S/C13H19NO4S/c1-13(2,3)9-19(17,18)14-8-10-4-6-11(7-5-10)12(15)16/h4-7,14H,8-9H2,1-3H3,(H,15,16). The molecule has 6 heteroatoms. The van der Waals surface area contributed by atoms with Gasteiger partial charge in [-0.1, -0.05) is 32.9 Å². The van der Waals surface area contributed by atoms with Crippen molar-refractivity contribution >= 4 is 16.0 Å². The van der Waals surface area contributed by atoms with E-state index in [0.717, 1.165) is 5.56 Å². The summed E-state index contributed by atoms with van der Waals surface area (Å²) in [6.07, 6.45) is 0. The minimum atomic E-state index is -3.33. The molecule has 19 heavy (non-hydrogen) atoms. The summed E-state index contributed by atoms with van der Waals surface area (Å²) < 4.78 is 26.1. The van der Waals surface area contributed by atoms with E-state index in [1.165, 1.54) is 12.1 Å². The number of hydrogen-bond donors (Lipinski definition) is 2. The molecule has 0 amide bonds. The van der Waals surface area contributed by atoms with Crippen LogP contribution in [0.3, 0.4) is 0 Å². The lowest BCUT2D eigenvalue weighted by molar-refractivity contribution is 0.0697. The van der Waals surface area contributed by atoms with Crippen LogP contribution in [0, 0.1) is 5.41 Å². The maximum atomic E-state index is 11.8. The van der Waals surface area contributed by atoms with Gasteiger partial charge in [0.2, 0.25) is 10.0 Å². The molecular formula is C13H19NO4S. The lowest BCUT2D eigenvalue weighted by Crippen LogP contribution is -2.31. The van der Waals surface area contributed by atoms with Crippen molar-refractivity contribution in [2.75, 3.05) is 5.75 Å². The minimum absolute atomic E-state index is 0.0488. The first-order chi connectivity index (χ1) is 8.59. The molecule has 0 unspecified atom stereocenters. The molecule has 0 fully saturated rings. The van der Waals surface area contributed by atoms with Gasteiger partial charge in [0.05, 0.1) is 11.3 Å². The quantitative estimate of drug-likeness (QED) is 0.864. The molecule has 5 nitrogen and oxygen atoms in total. The zero-order valence-electron chi connectivity index (χ0n) is 11.3. The van der Waals surface area contributed by atoms with E-state index < -0.39 is 16.0 Å². The molecule has 106 valence electrons. The normalized spacial score (nSPS) is 12.4. The molecule has 0 radical (unpaired) electrons. The second-order valence-electron chi connectivity index (χ2n) is 5.64. The first-order valence-electron chi connectivity index (χ1n) is 5.89. The summed E-state index contributed by atoms with van der Waals surface area (Å²) in [6.45, 7) is 5.73. The highest BCUT2D eigenvalue weighted by Crippen LogP contribution is 2.15. The van der Waals surface area contributed by atoms with E-state index in [1.54, 1.807) is 12.1 Å². The topological polar surface area (TPSA) is 83.5 Å². The number of carboxylic acids is 1. The molecule has 0 bridgehead atoms. The van der Waals surface area contributed by atoms with Crippen LogP contribution >= 0.6 is 0 Å². The van der Waals surface area contributed by atoms with Crippen molar-refractivity contribution in [2.45, 2.75) is 27.3 Å². The fraction of sp³-hybridized carbons (Fsp3) is 0.462. The van der Waals surface area contributed by atoms with Crippen molar-refractivity contribution in [3.05, 3.63) is 35.4 Å². The molecule has 1 aromatic carbocycles. The van der Waals surface area contributed by atoms with Gasteiger partial charge in [0.15, 0.2) is 0 Å². The maximum Gasteiger partial charge on any atom is 0.335 e. The summed E-state index contributed by atoms with van der Waals surface area (Å²) in [7, 11) is -3.33. The van der Waals surface area contributed by atoms with E-state index in [4.69, 9.17) is 5.11 Å². The first kappa shape index (κ1) is 15.7. The van der Waals surface area contributed by atoms with Crippen molar-refractivity contribution in [1.82, 2.24) is 4.72 Å². The lowest BCUT2D eigenvalue weighted by atomic mass is 10.0. The summed E-state index contributed by atoms with van der Waals surface area (Å²) >= 11 is 0. The highest BCUT2D eigenvalue weighted by molar-refractivity contribution is 7.89. The summed E-state index contributed by atoms with van der Waals surface area (Å²) in [5.74, 6) is -0.951. The first-order valence-corrected chi connectivity index (χ1v) is 7.54. The van der Waals surface area contributed by atoms with Crippen LogP contribution < -0.4 is 4.72 Å². The molecule has 0 saturated heterocycles. The SMILES string of the molecule is CC(C)(C)CS(=O)(=O)NCc1ccc(C(=O)O)cc1. The fourth-order valence-electron chi connectivity index (χ4n) is 1.58. The zero-order chi connectivity index (χ0) is 14.7. The van der Waals surface area contributed by atoms with Crippen LogP contribution in [0.5, 0.6) is 0 Å². The fourth-order valence-corrected chi connectivity index (χ4v) is 3.21. The molecule has 2 N–H and O–H groups in total. The van der Waals surface area contributed by atoms with Gasteiger partial charge in [0.25, 0.3) is 0 Å². The molecule has 0 aliphatic carbocycles. The highest BCUT2D eigenvalue weighted by atomic mass is 32.2. The number of carboxylic acid groups (broad SMARTS) is 1. The Hall–Kier alpha value is -1.40. The molecule has 1 rings (SSSR count). The van der Waals surface area contributed by atoms with Crippen LogP contribution in [0.25, 0.3) is 0 Å². The number of carbonyl (C=O) groups is 1. The van der Waals surface area contributed by atoms with Gasteiger partial charge in [-0.2, -0.15) is 0 Å². The molecule has 0 saturated carbocycles.